The van der Waals surface area contributed by atoms with Crippen molar-refractivity contribution in [3.05, 3.63) is 48.8 Å². The third kappa shape index (κ3) is 2.53. The van der Waals surface area contributed by atoms with Gasteiger partial charge < -0.3 is 11.1 Å². The molecule has 0 saturated carbocycles. The van der Waals surface area contributed by atoms with Crippen LogP contribution in [0.5, 0.6) is 0 Å². The van der Waals surface area contributed by atoms with Crippen molar-refractivity contribution < 1.29 is 0 Å². The number of aromatic nitrogens is 6. The molecular formula is C14H16N8. The summed E-state index contributed by atoms with van der Waals surface area (Å²) in [6.07, 6.45) is 6.88. The van der Waals surface area contributed by atoms with Crippen LogP contribution >= 0.6 is 0 Å². The topological polar surface area (TPSA) is 99.5 Å². The van der Waals surface area contributed by atoms with Crippen molar-refractivity contribution in [2.75, 3.05) is 5.32 Å². The van der Waals surface area contributed by atoms with Gasteiger partial charge in [-0.3, -0.25) is 9.25 Å². The van der Waals surface area contributed by atoms with E-state index in [0.29, 0.717) is 17.3 Å². The Bertz CT molecular complexity index is 829. The molecule has 22 heavy (non-hydrogen) atoms. The maximum atomic E-state index is 5.65. The number of nitrogens with one attached hydrogen (secondary N) is 1. The van der Waals surface area contributed by atoms with Crippen LogP contribution in [0.1, 0.15) is 11.3 Å². The maximum absolute atomic E-state index is 5.65. The SMILES string of the molecule is C=C(N)c1cn(-c2nc(Nc3ccnn3C)ncc2C)cn1. The molecule has 0 saturated heterocycles. The highest BCUT2D eigenvalue weighted by molar-refractivity contribution is 5.56. The van der Waals surface area contributed by atoms with Crippen molar-refractivity contribution in [3.8, 4) is 5.82 Å². The average molecular weight is 296 g/mol. The number of imidazole rings is 1. The van der Waals surface area contributed by atoms with Crippen LogP contribution in [-0.2, 0) is 7.05 Å². The van der Waals surface area contributed by atoms with Crippen LogP contribution in [0.25, 0.3) is 11.5 Å². The van der Waals surface area contributed by atoms with E-state index in [1.165, 1.54) is 0 Å². The van der Waals surface area contributed by atoms with Gasteiger partial charge in [0, 0.05) is 31.1 Å². The number of aryl methyl sites for hydroxylation is 2. The van der Waals surface area contributed by atoms with Crippen molar-refractivity contribution >= 4 is 17.5 Å². The molecule has 3 N–H and O–H groups in total. The second kappa shape index (κ2) is 5.32. The Balaban J connectivity index is 1.95. The van der Waals surface area contributed by atoms with Gasteiger partial charge in [0.15, 0.2) is 0 Å². The summed E-state index contributed by atoms with van der Waals surface area (Å²) in [6.45, 7) is 5.61. The van der Waals surface area contributed by atoms with Gasteiger partial charge in [-0.25, -0.2) is 9.97 Å². The fourth-order valence-electron chi connectivity index (χ4n) is 1.97. The van der Waals surface area contributed by atoms with Crippen LogP contribution < -0.4 is 11.1 Å². The minimum atomic E-state index is 0.415. The summed E-state index contributed by atoms with van der Waals surface area (Å²) >= 11 is 0. The molecule has 0 unspecified atom stereocenters. The summed E-state index contributed by atoms with van der Waals surface area (Å²) in [4.78, 5) is 13.0. The van der Waals surface area contributed by atoms with Crippen molar-refractivity contribution in [1.82, 2.24) is 29.3 Å². The summed E-state index contributed by atoms with van der Waals surface area (Å²) in [5, 5.41) is 7.21. The summed E-state index contributed by atoms with van der Waals surface area (Å²) in [6, 6.07) is 1.84. The van der Waals surface area contributed by atoms with E-state index in [1.54, 1.807) is 34.2 Å². The Morgan fingerprint density at radius 2 is 2.18 bits per heavy atom. The van der Waals surface area contributed by atoms with Gasteiger partial charge in [-0.1, -0.05) is 6.58 Å². The molecule has 112 valence electrons. The second-order valence-electron chi connectivity index (χ2n) is 4.86. The first-order valence-electron chi connectivity index (χ1n) is 6.62. The van der Waals surface area contributed by atoms with E-state index in [4.69, 9.17) is 5.73 Å². The quantitative estimate of drug-likeness (QED) is 0.754. The molecule has 0 spiro atoms. The largest absolute Gasteiger partial charge is 0.397 e. The van der Waals surface area contributed by atoms with Crippen LogP contribution in [0.2, 0.25) is 0 Å². The maximum Gasteiger partial charge on any atom is 0.230 e. The summed E-state index contributed by atoms with van der Waals surface area (Å²) in [5.41, 5.74) is 7.61. The lowest BCUT2D eigenvalue weighted by atomic mass is 10.3. The molecule has 0 aromatic carbocycles. The Kier molecular flexibility index (Phi) is 3.34. The van der Waals surface area contributed by atoms with Crippen LogP contribution in [0.15, 0.2) is 37.6 Å². The highest BCUT2D eigenvalue weighted by Crippen LogP contribution is 2.17. The Morgan fingerprint density at radius 3 is 2.82 bits per heavy atom. The predicted molar refractivity (Wildman–Crippen MR) is 83.6 cm³/mol. The predicted octanol–water partition coefficient (Wildman–Crippen LogP) is 1.38. The Hall–Kier alpha value is -3.16. The zero-order valence-corrected chi connectivity index (χ0v) is 12.4. The molecular weight excluding hydrogens is 280 g/mol. The molecule has 3 aromatic heterocycles. The van der Waals surface area contributed by atoms with E-state index in [0.717, 1.165) is 17.2 Å². The monoisotopic (exact) mass is 296 g/mol. The molecule has 0 aliphatic rings. The first-order valence-corrected chi connectivity index (χ1v) is 6.62. The summed E-state index contributed by atoms with van der Waals surface area (Å²) in [5.74, 6) is 2.00. The van der Waals surface area contributed by atoms with E-state index in [-0.39, 0.29) is 0 Å². The Morgan fingerprint density at radius 1 is 1.36 bits per heavy atom. The van der Waals surface area contributed by atoms with Crippen LogP contribution in [-0.4, -0.2) is 29.3 Å². The van der Waals surface area contributed by atoms with Crippen molar-refractivity contribution in [2.45, 2.75) is 6.92 Å². The van der Waals surface area contributed by atoms with Gasteiger partial charge in [-0.2, -0.15) is 10.1 Å². The van der Waals surface area contributed by atoms with Gasteiger partial charge in [0.1, 0.15) is 23.7 Å². The number of nitrogens with two attached hydrogens (primary N) is 1. The number of hydrogen-bond acceptors (Lipinski definition) is 6. The Labute approximate surface area is 127 Å². The first-order chi connectivity index (χ1) is 10.5. The fraction of sp³-hybridized carbons (Fsp3) is 0.143. The highest BCUT2D eigenvalue weighted by Gasteiger charge is 2.09. The number of hydrogen-bond donors (Lipinski definition) is 2. The zero-order valence-electron chi connectivity index (χ0n) is 12.4. The van der Waals surface area contributed by atoms with Crippen LogP contribution in [0.4, 0.5) is 11.8 Å². The number of rotatable bonds is 4. The molecule has 8 heteroatoms. The third-order valence-electron chi connectivity index (χ3n) is 3.16. The molecule has 0 bridgehead atoms. The second-order valence-corrected chi connectivity index (χ2v) is 4.86. The normalized spacial score (nSPS) is 10.6. The summed E-state index contributed by atoms with van der Waals surface area (Å²) in [7, 11) is 1.84. The molecule has 3 heterocycles. The van der Waals surface area contributed by atoms with Gasteiger partial charge >= 0.3 is 0 Å². The molecule has 3 aromatic rings. The lowest BCUT2D eigenvalue weighted by Crippen LogP contribution is -2.06. The molecule has 8 nitrogen and oxygen atoms in total. The van der Waals surface area contributed by atoms with Gasteiger partial charge in [0.05, 0.1) is 11.9 Å². The highest BCUT2D eigenvalue weighted by atomic mass is 15.3. The van der Waals surface area contributed by atoms with E-state index < -0.39 is 0 Å². The molecule has 0 fully saturated rings. The first kappa shape index (κ1) is 13.8. The van der Waals surface area contributed by atoms with Crippen molar-refractivity contribution in [3.63, 3.8) is 0 Å². The minimum absolute atomic E-state index is 0.415. The number of nitrogens with zero attached hydrogens (tertiary/aromatic N) is 6. The van der Waals surface area contributed by atoms with E-state index in [2.05, 4.69) is 31.9 Å². The standard InChI is InChI=1S/C14H16N8/c1-9-6-16-14(19-12-4-5-18-21(12)3)20-13(9)22-7-11(10(2)15)17-8-22/h4-8H,2,15H2,1,3H3,(H,16,19,20). The third-order valence-corrected chi connectivity index (χ3v) is 3.16. The number of anilines is 2. The molecule has 0 aliphatic heterocycles. The zero-order chi connectivity index (χ0) is 15.7. The van der Waals surface area contributed by atoms with Gasteiger partial charge in [0.25, 0.3) is 0 Å². The average Bonchev–Trinajstić information content (AvgIpc) is 3.11. The smallest absolute Gasteiger partial charge is 0.230 e. The van der Waals surface area contributed by atoms with Gasteiger partial charge in [-0.05, 0) is 6.92 Å². The summed E-state index contributed by atoms with van der Waals surface area (Å²) < 4.78 is 3.50. The van der Waals surface area contributed by atoms with Crippen molar-refractivity contribution in [2.24, 2.45) is 12.8 Å². The van der Waals surface area contributed by atoms with Crippen LogP contribution in [0, 0.1) is 6.92 Å². The van der Waals surface area contributed by atoms with E-state index in [1.807, 2.05) is 20.0 Å². The lowest BCUT2D eigenvalue weighted by Gasteiger charge is -2.09. The van der Waals surface area contributed by atoms with E-state index >= 15 is 0 Å². The molecule has 3 rings (SSSR count). The molecule has 0 aliphatic carbocycles. The molecule has 0 atom stereocenters. The fourth-order valence-corrected chi connectivity index (χ4v) is 1.97. The lowest BCUT2D eigenvalue weighted by molar-refractivity contribution is 0.774. The van der Waals surface area contributed by atoms with E-state index in [9.17, 15) is 0 Å². The van der Waals surface area contributed by atoms with Gasteiger partial charge in [0.2, 0.25) is 5.95 Å². The molecule has 0 radical (unpaired) electrons. The van der Waals surface area contributed by atoms with Crippen LogP contribution in [0.3, 0.4) is 0 Å². The molecule has 0 amide bonds. The van der Waals surface area contributed by atoms with Crippen molar-refractivity contribution in [1.29, 1.82) is 0 Å². The minimum Gasteiger partial charge on any atom is -0.397 e. The van der Waals surface area contributed by atoms with Gasteiger partial charge in [-0.15, -0.1) is 0 Å².